The van der Waals surface area contributed by atoms with E-state index in [2.05, 4.69) is 29.1 Å². The first-order valence-electron chi connectivity index (χ1n) is 7.43. The van der Waals surface area contributed by atoms with Crippen molar-refractivity contribution < 1.29 is 4.74 Å². The van der Waals surface area contributed by atoms with Gasteiger partial charge in [0.05, 0.1) is 31.2 Å². The molecule has 132 valence electrons. The van der Waals surface area contributed by atoms with Crippen LogP contribution in [-0.4, -0.2) is 20.8 Å². The summed E-state index contributed by atoms with van der Waals surface area (Å²) in [6.45, 7) is 7.14. The van der Waals surface area contributed by atoms with E-state index in [1.807, 2.05) is 0 Å². The standard InChI is InChI=1S/C17H18BrN3O4/c1-4-8-19-15(22)20(9-5-2)17(24)21(16(19)23)11-12-6-7-14(25-3)13(18)10-12/h4-7,10H,1-2,8-9,11H2,3H3. The number of nitrogens with zero attached hydrogens (tertiary/aromatic N) is 3. The van der Waals surface area contributed by atoms with Gasteiger partial charge in [-0.15, -0.1) is 13.2 Å². The van der Waals surface area contributed by atoms with E-state index in [1.165, 1.54) is 12.2 Å². The van der Waals surface area contributed by atoms with Crippen LogP contribution >= 0.6 is 15.9 Å². The van der Waals surface area contributed by atoms with Crippen molar-refractivity contribution in [1.29, 1.82) is 0 Å². The average molecular weight is 408 g/mol. The fraction of sp³-hybridized carbons (Fsp3) is 0.235. The number of halogens is 1. The van der Waals surface area contributed by atoms with Gasteiger partial charge in [-0.1, -0.05) is 18.2 Å². The zero-order valence-electron chi connectivity index (χ0n) is 13.8. The number of benzene rings is 1. The van der Waals surface area contributed by atoms with Gasteiger partial charge < -0.3 is 4.74 Å². The van der Waals surface area contributed by atoms with E-state index >= 15 is 0 Å². The number of ether oxygens (including phenoxy) is 1. The predicted molar refractivity (Wildman–Crippen MR) is 99.4 cm³/mol. The molecule has 1 heterocycles. The van der Waals surface area contributed by atoms with E-state index < -0.39 is 17.1 Å². The summed E-state index contributed by atoms with van der Waals surface area (Å²) in [6.07, 6.45) is 2.86. The topological polar surface area (TPSA) is 75.2 Å². The lowest BCUT2D eigenvalue weighted by atomic mass is 10.2. The van der Waals surface area contributed by atoms with E-state index in [4.69, 9.17) is 4.74 Å². The van der Waals surface area contributed by atoms with Crippen molar-refractivity contribution in [2.24, 2.45) is 0 Å². The minimum absolute atomic E-state index is 0.0153. The lowest BCUT2D eigenvalue weighted by Crippen LogP contribution is -2.54. The zero-order chi connectivity index (χ0) is 18.6. The summed E-state index contributed by atoms with van der Waals surface area (Å²) in [5.41, 5.74) is -1.33. The largest absolute Gasteiger partial charge is 0.496 e. The van der Waals surface area contributed by atoms with Crippen molar-refractivity contribution in [3.05, 3.63) is 85.0 Å². The molecule has 0 aliphatic rings. The molecule has 0 amide bonds. The van der Waals surface area contributed by atoms with Gasteiger partial charge in [0.25, 0.3) is 0 Å². The maximum atomic E-state index is 12.6. The first kappa shape index (κ1) is 18.7. The first-order chi connectivity index (χ1) is 11.9. The Hall–Kier alpha value is -2.61. The number of hydrogen-bond donors (Lipinski definition) is 0. The molecule has 0 aliphatic heterocycles. The normalized spacial score (nSPS) is 10.5. The van der Waals surface area contributed by atoms with Gasteiger partial charge >= 0.3 is 17.1 Å². The molecule has 7 nitrogen and oxygen atoms in total. The molecule has 0 saturated carbocycles. The molecule has 1 aromatic carbocycles. The number of aromatic nitrogens is 3. The van der Waals surface area contributed by atoms with E-state index in [-0.39, 0.29) is 19.6 Å². The highest BCUT2D eigenvalue weighted by Crippen LogP contribution is 2.25. The molecule has 0 fully saturated rings. The van der Waals surface area contributed by atoms with Gasteiger partial charge in [0.1, 0.15) is 5.75 Å². The van der Waals surface area contributed by atoms with Gasteiger partial charge in [-0.05, 0) is 33.6 Å². The Morgan fingerprint density at radius 2 is 1.52 bits per heavy atom. The second-order valence-corrected chi connectivity index (χ2v) is 6.06. The molecule has 0 spiro atoms. The van der Waals surface area contributed by atoms with Crippen LogP contribution in [0.2, 0.25) is 0 Å². The van der Waals surface area contributed by atoms with Crippen LogP contribution in [0.5, 0.6) is 5.75 Å². The quantitative estimate of drug-likeness (QED) is 0.649. The lowest BCUT2D eigenvalue weighted by molar-refractivity contribution is 0.412. The summed E-state index contributed by atoms with van der Waals surface area (Å²) in [4.78, 5) is 37.5. The van der Waals surface area contributed by atoms with Crippen molar-refractivity contribution in [2.45, 2.75) is 19.6 Å². The van der Waals surface area contributed by atoms with Crippen LogP contribution in [0.1, 0.15) is 5.56 Å². The summed E-state index contributed by atoms with van der Waals surface area (Å²) in [5, 5.41) is 0. The molecule has 0 radical (unpaired) electrons. The number of methoxy groups -OCH3 is 1. The first-order valence-corrected chi connectivity index (χ1v) is 8.22. The number of hydrogen-bond acceptors (Lipinski definition) is 4. The predicted octanol–water partition coefficient (Wildman–Crippen LogP) is 1.36. The van der Waals surface area contributed by atoms with Crippen molar-refractivity contribution in [3.8, 4) is 5.75 Å². The maximum Gasteiger partial charge on any atom is 0.336 e. The second-order valence-electron chi connectivity index (χ2n) is 5.20. The smallest absolute Gasteiger partial charge is 0.336 e. The van der Waals surface area contributed by atoms with Crippen LogP contribution in [0.4, 0.5) is 0 Å². The third-order valence-electron chi connectivity index (χ3n) is 3.57. The van der Waals surface area contributed by atoms with E-state index in [0.717, 1.165) is 13.7 Å². The minimum atomic E-state index is -0.679. The fourth-order valence-electron chi connectivity index (χ4n) is 2.38. The SMILES string of the molecule is C=CCn1c(=O)n(CC=C)c(=O)n(Cc2ccc(OC)c(Br)c2)c1=O. The van der Waals surface area contributed by atoms with E-state index in [9.17, 15) is 14.4 Å². The summed E-state index contributed by atoms with van der Waals surface area (Å²) < 4.78 is 8.82. The summed E-state index contributed by atoms with van der Waals surface area (Å²) in [5.74, 6) is 0.636. The molecule has 25 heavy (non-hydrogen) atoms. The van der Waals surface area contributed by atoms with E-state index in [0.29, 0.717) is 15.8 Å². The Morgan fingerprint density at radius 3 is 1.96 bits per heavy atom. The van der Waals surface area contributed by atoms with Gasteiger partial charge in [0, 0.05) is 0 Å². The highest BCUT2D eigenvalue weighted by Gasteiger charge is 2.14. The molecular formula is C17H18BrN3O4. The van der Waals surface area contributed by atoms with Crippen LogP contribution in [0, 0.1) is 0 Å². The molecule has 0 unspecified atom stereocenters. The Balaban J connectivity index is 2.64. The third kappa shape index (κ3) is 3.74. The molecule has 0 saturated heterocycles. The molecule has 2 rings (SSSR count). The van der Waals surface area contributed by atoms with Gasteiger partial charge in [0.2, 0.25) is 0 Å². The highest BCUT2D eigenvalue weighted by atomic mass is 79.9. The Labute approximate surface area is 152 Å². The summed E-state index contributed by atoms with van der Waals surface area (Å²) >= 11 is 3.37. The molecule has 0 bridgehead atoms. The number of rotatable bonds is 7. The summed E-state index contributed by atoms with van der Waals surface area (Å²) in [6, 6.07) is 5.23. The monoisotopic (exact) mass is 407 g/mol. The minimum Gasteiger partial charge on any atom is -0.496 e. The Kier molecular flexibility index (Phi) is 5.97. The molecule has 0 atom stereocenters. The summed E-state index contributed by atoms with van der Waals surface area (Å²) in [7, 11) is 1.55. The Bertz CT molecular complexity index is 937. The molecule has 2 aromatic rings. The van der Waals surface area contributed by atoms with Gasteiger partial charge in [-0.2, -0.15) is 0 Å². The van der Waals surface area contributed by atoms with Crippen LogP contribution in [0.3, 0.4) is 0 Å². The molecule has 1 aromatic heterocycles. The van der Waals surface area contributed by atoms with Crippen molar-refractivity contribution in [1.82, 2.24) is 13.7 Å². The van der Waals surface area contributed by atoms with Crippen molar-refractivity contribution in [2.75, 3.05) is 7.11 Å². The highest BCUT2D eigenvalue weighted by molar-refractivity contribution is 9.10. The van der Waals surface area contributed by atoms with Gasteiger partial charge in [0.15, 0.2) is 0 Å². The zero-order valence-corrected chi connectivity index (χ0v) is 15.4. The Morgan fingerprint density at radius 1 is 1.00 bits per heavy atom. The molecule has 0 N–H and O–H groups in total. The van der Waals surface area contributed by atoms with Crippen LogP contribution in [0.25, 0.3) is 0 Å². The van der Waals surface area contributed by atoms with Crippen LogP contribution in [-0.2, 0) is 19.6 Å². The van der Waals surface area contributed by atoms with Gasteiger partial charge in [-0.3, -0.25) is 0 Å². The average Bonchev–Trinajstić information content (AvgIpc) is 2.59. The van der Waals surface area contributed by atoms with Crippen LogP contribution in [0.15, 0.2) is 62.4 Å². The van der Waals surface area contributed by atoms with Crippen molar-refractivity contribution >= 4 is 15.9 Å². The maximum absolute atomic E-state index is 12.6. The van der Waals surface area contributed by atoms with Gasteiger partial charge in [-0.25, -0.2) is 28.1 Å². The number of allylic oxidation sites excluding steroid dienone is 2. The molecular weight excluding hydrogens is 390 g/mol. The fourth-order valence-corrected chi connectivity index (χ4v) is 2.97. The molecule has 0 aliphatic carbocycles. The van der Waals surface area contributed by atoms with E-state index in [1.54, 1.807) is 25.3 Å². The molecule has 8 heteroatoms. The van der Waals surface area contributed by atoms with Crippen molar-refractivity contribution in [3.63, 3.8) is 0 Å². The van der Waals surface area contributed by atoms with Crippen LogP contribution < -0.4 is 21.8 Å². The third-order valence-corrected chi connectivity index (χ3v) is 4.19. The lowest BCUT2D eigenvalue weighted by Gasteiger charge is -2.13. The second kappa shape index (κ2) is 7.98.